The Balaban J connectivity index is 1.95. The second kappa shape index (κ2) is 7.49. The molecular formula is C17H27N3O2. The molecule has 1 heterocycles. The van der Waals surface area contributed by atoms with Crippen molar-refractivity contribution in [3.63, 3.8) is 0 Å². The predicted octanol–water partition coefficient (Wildman–Crippen LogP) is 2.66. The Kier molecular flexibility index (Phi) is 5.66. The number of carbonyl (C=O) groups excluding carboxylic acids is 1. The summed E-state index contributed by atoms with van der Waals surface area (Å²) in [5.74, 6) is 1.61. The molecule has 1 fully saturated rings. The van der Waals surface area contributed by atoms with Crippen molar-refractivity contribution in [2.45, 2.75) is 26.7 Å². The van der Waals surface area contributed by atoms with E-state index in [0.717, 1.165) is 43.5 Å². The number of hydrogen-bond acceptors (Lipinski definition) is 3. The number of hydrogen-bond donors (Lipinski definition) is 3. The molecule has 1 aliphatic heterocycles. The molecule has 0 spiro atoms. The molecule has 0 aromatic heterocycles. The second-order valence-corrected chi connectivity index (χ2v) is 6.51. The third-order valence-corrected chi connectivity index (χ3v) is 4.20. The van der Waals surface area contributed by atoms with Crippen molar-refractivity contribution in [1.29, 1.82) is 0 Å². The summed E-state index contributed by atoms with van der Waals surface area (Å²) in [7, 11) is 1.55. The molecule has 5 nitrogen and oxygen atoms in total. The predicted molar refractivity (Wildman–Crippen MR) is 89.3 cm³/mol. The SMILES string of the molecule is CNC(=O)Nc1cc(CCN2CC(C)CC(C)C2)ccc1O. The summed E-state index contributed by atoms with van der Waals surface area (Å²) in [5, 5.41) is 14.9. The van der Waals surface area contributed by atoms with E-state index < -0.39 is 0 Å². The maximum absolute atomic E-state index is 11.4. The van der Waals surface area contributed by atoms with E-state index in [1.165, 1.54) is 6.42 Å². The van der Waals surface area contributed by atoms with Crippen LogP contribution in [0, 0.1) is 11.8 Å². The van der Waals surface area contributed by atoms with Gasteiger partial charge in [-0.25, -0.2) is 4.79 Å². The Hall–Kier alpha value is -1.75. The van der Waals surface area contributed by atoms with E-state index in [2.05, 4.69) is 29.4 Å². The highest BCUT2D eigenvalue weighted by Crippen LogP contribution is 2.25. The second-order valence-electron chi connectivity index (χ2n) is 6.51. The minimum Gasteiger partial charge on any atom is -0.506 e. The number of likely N-dealkylation sites (tertiary alicyclic amines) is 1. The fourth-order valence-corrected chi connectivity index (χ4v) is 3.29. The molecule has 122 valence electrons. The standard InChI is InChI=1S/C17H27N3O2/c1-12-8-13(2)11-20(10-12)7-6-14-4-5-16(21)15(9-14)19-17(22)18-3/h4-5,9,12-13,21H,6-8,10-11H2,1-3H3,(H2,18,19,22). The number of anilines is 1. The van der Waals surface area contributed by atoms with Crippen LogP contribution in [0.1, 0.15) is 25.8 Å². The van der Waals surface area contributed by atoms with Crippen LogP contribution in [0.4, 0.5) is 10.5 Å². The van der Waals surface area contributed by atoms with Gasteiger partial charge in [0.2, 0.25) is 0 Å². The maximum atomic E-state index is 11.4. The number of aromatic hydroxyl groups is 1. The molecule has 2 rings (SSSR count). The Bertz CT molecular complexity index is 509. The van der Waals surface area contributed by atoms with Crippen LogP contribution in [0.15, 0.2) is 18.2 Å². The highest BCUT2D eigenvalue weighted by atomic mass is 16.3. The normalized spacial score (nSPS) is 22.3. The van der Waals surface area contributed by atoms with Gasteiger partial charge in [0, 0.05) is 26.7 Å². The number of amides is 2. The number of piperidine rings is 1. The molecular weight excluding hydrogens is 278 g/mol. The first-order valence-corrected chi connectivity index (χ1v) is 8.01. The number of rotatable bonds is 4. The van der Waals surface area contributed by atoms with Crippen molar-refractivity contribution >= 4 is 11.7 Å². The quantitative estimate of drug-likeness (QED) is 0.749. The third kappa shape index (κ3) is 4.63. The first-order valence-electron chi connectivity index (χ1n) is 8.01. The topological polar surface area (TPSA) is 64.6 Å². The first kappa shape index (κ1) is 16.6. The van der Waals surface area contributed by atoms with Crippen LogP contribution in [0.25, 0.3) is 0 Å². The van der Waals surface area contributed by atoms with Gasteiger partial charge in [0.1, 0.15) is 5.75 Å². The van der Waals surface area contributed by atoms with Gasteiger partial charge in [-0.2, -0.15) is 0 Å². The molecule has 1 saturated heterocycles. The van der Waals surface area contributed by atoms with Crippen molar-refractivity contribution in [3.8, 4) is 5.75 Å². The molecule has 3 N–H and O–H groups in total. The van der Waals surface area contributed by atoms with Gasteiger partial charge >= 0.3 is 6.03 Å². The van der Waals surface area contributed by atoms with Gasteiger partial charge in [0.05, 0.1) is 5.69 Å². The van der Waals surface area contributed by atoms with Crippen LogP contribution in [0.3, 0.4) is 0 Å². The van der Waals surface area contributed by atoms with Gasteiger partial charge < -0.3 is 20.6 Å². The smallest absolute Gasteiger partial charge is 0.319 e. The van der Waals surface area contributed by atoms with Gasteiger partial charge in [-0.05, 0) is 42.4 Å². The summed E-state index contributed by atoms with van der Waals surface area (Å²) in [6, 6.07) is 5.08. The minimum absolute atomic E-state index is 0.0903. The number of benzene rings is 1. The molecule has 22 heavy (non-hydrogen) atoms. The van der Waals surface area contributed by atoms with E-state index >= 15 is 0 Å². The number of nitrogens with one attached hydrogen (secondary N) is 2. The lowest BCUT2D eigenvalue weighted by Crippen LogP contribution is -2.39. The van der Waals surface area contributed by atoms with E-state index in [9.17, 15) is 9.90 Å². The van der Waals surface area contributed by atoms with Crippen LogP contribution in [-0.4, -0.2) is 42.7 Å². The minimum atomic E-state index is -0.328. The van der Waals surface area contributed by atoms with Gasteiger partial charge in [-0.1, -0.05) is 19.9 Å². The van der Waals surface area contributed by atoms with Crippen LogP contribution >= 0.6 is 0 Å². The summed E-state index contributed by atoms with van der Waals surface area (Å²) < 4.78 is 0. The first-order chi connectivity index (χ1) is 10.5. The number of carbonyl (C=O) groups is 1. The highest BCUT2D eigenvalue weighted by molar-refractivity contribution is 5.90. The van der Waals surface area contributed by atoms with Gasteiger partial charge in [-0.3, -0.25) is 0 Å². The average Bonchev–Trinajstić information content (AvgIpc) is 2.47. The zero-order valence-electron chi connectivity index (χ0n) is 13.7. The molecule has 2 atom stereocenters. The summed E-state index contributed by atoms with van der Waals surface area (Å²) in [5.41, 5.74) is 1.58. The van der Waals surface area contributed by atoms with E-state index in [4.69, 9.17) is 0 Å². The molecule has 1 aliphatic rings. The third-order valence-electron chi connectivity index (χ3n) is 4.20. The largest absolute Gasteiger partial charge is 0.506 e. The molecule has 1 aromatic rings. The number of nitrogens with zero attached hydrogens (tertiary/aromatic N) is 1. The molecule has 0 aliphatic carbocycles. The van der Waals surface area contributed by atoms with Crippen LogP contribution in [0.5, 0.6) is 5.75 Å². The fourth-order valence-electron chi connectivity index (χ4n) is 3.29. The molecule has 0 bridgehead atoms. The van der Waals surface area contributed by atoms with E-state index in [1.807, 2.05) is 12.1 Å². The van der Waals surface area contributed by atoms with E-state index in [-0.39, 0.29) is 11.8 Å². The van der Waals surface area contributed by atoms with Crippen LogP contribution in [0.2, 0.25) is 0 Å². The maximum Gasteiger partial charge on any atom is 0.319 e. The fraction of sp³-hybridized carbons (Fsp3) is 0.588. The van der Waals surface area contributed by atoms with Crippen molar-refractivity contribution < 1.29 is 9.90 Å². The zero-order chi connectivity index (χ0) is 16.1. The Morgan fingerprint density at radius 3 is 2.64 bits per heavy atom. The van der Waals surface area contributed by atoms with Gasteiger partial charge in [-0.15, -0.1) is 0 Å². The summed E-state index contributed by atoms with van der Waals surface area (Å²) in [6.07, 6.45) is 2.23. The lowest BCUT2D eigenvalue weighted by molar-refractivity contribution is 0.142. The van der Waals surface area contributed by atoms with E-state index in [0.29, 0.717) is 5.69 Å². The summed E-state index contributed by atoms with van der Waals surface area (Å²) >= 11 is 0. The molecule has 0 saturated carbocycles. The number of phenols is 1. The zero-order valence-corrected chi connectivity index (χ0v) is 13.7. The lowest BCUT2D eigenvalue weighted by atomic mass is 9.91. The van der Waals surface area contributed by atoms with Crippen LogP contribution in [-0.2, 0) is 6.42 Å². The van der Waals surface area contributed by atoms with Crippen molar-refractivity contribution in [2.75, 3.05) is 32.0 Å². The lowest BCUT2D eigenvalue weighted by Gasteiger charge is -2.35. The van der Waals surface area contributed by atoms with Crippen molar-refractivity contribution in [2.24, 2.45) is 11.8 Å². The summed E-state index contributed by atoms with van der Waals surface area (Å²) in [6.45, 7) is 7.96. The Labute approximate surface area is 132 Å². The molecule has 1 aromatic carbocycles. The van der Waals surface area contributed by atoms with Crippen LogP contribution < -0.4 is 10.6 Å². The monoisotopic (exact) mass is 305 g/mol. The van der Waals surface area contributed by atoms with E-state index in [1.54, 1.807) is 13.1 Å². The molecule has 5 heteroatoms. The number of phenolic OH excluding ortho intramolecular Hbond substituents is 1. The molecule has 0 radical (unpaired) electrons. The van der Waals surface area contributed by atoms with Crippen molar-refractivity contribution in [1.82, 2.24) is 10.2 Å². The molecule has 2 unspecified atom stereocenters. The Morgan fingerprint density at radius 1 is 1.32 bits per heavy atom. The average molecular weight is 305 g/mol. The number of urea groups is 1. The molecule has 2 amide bonds. The highest BCUT2D eigenvalue weighted by Gasteiger charge is 2.21. The van der Waals surface area contributed by atoms with Crippen molar-refractivity contribution in [3.05, 3.63) is 23.8 Å². The van der Waals surface area contributed by atoms with Gasteiger partial charge in [0.15, 0.2) is 0 Å². The van der Waals surface area contributed by atoms with Gasteiger partial charge in [0.25, 0.3) is 0 Å². The Morgan fingerprint density at radius 2 is 2.00 bits per heavy atom. The summed E-state index contributed by atoms with van der Waals surface area (Å²) in [4.78, 5) is 13.9.